The second-order valence-electron chi connectivity index (χ2n) is 6.52. The Kier molecular flexibility index (Phi) is 5.29. The highest BCUT2D eigenvalue weighted by atomic mass is 16.5. The van der Waals surface area contributed by atoms with Gasteiger partial charge in [-0.25, -0.2) is 0 Å². The monoisotopic (exact) mass is 368 g/mol. The molecule has 9 heteroatoms. The van der Waals surface area contributed by atoms with E-state index in [9.17, 15) is 0 Å². The van der Waals surface area contributed by atoms with Crippen LogP contribution >= 0.6 is 0 Å². The Morgan fingerprint density at radius 1 is 1.19 bits per heavy atom. The Morgan fingerprint density at radius 2 is 2.07 bits per heavy atom. The number of fused-ring (bicyclic) bond motifs is 1. The summed E-state index contributed by atoms with van der Waals surface area (Å²) in [6.45, 7) is 5.42. The highest BCUT2D eigenvalue weighted by Gasteiger charge is 2.20. The molecule has 1 aliphatic heterocycles. The van der Waals surface area contributed by atoms with Crippen molar-refractivity contribution in [1.29, 1.82) is 0 Å². The molecule has 9 nitrogen and oxygen atoms in total. The fourth-order valence-electron chi connectivity index (χ4n) is 3.35. The summed E-state index contributed by atoms with van der Waals surface area (Å²) in [4.78, 5) is 9.11. The first-order chi connectivity index (χ1) is 13.3. The summed E-state index contributed by atoms with van der Waals surface area (Å²) < 4.78 is 6.93. The fourth-order valence-corrected chi connectivity index (χ4v) is 3.35. The molecule has 0 atom stereocenters. The highest BCUT2D eigenvalue weighted by Crippen LogP contribution is 2.07. The van der Waals surface area contributed by atoms with Gasteiger partial charge in [-0.1, -0.05) is 11.2 Å². The van der Waals surface area contributed by atoms with E-state index in [2.05, 4.69) is 35.5 Å². The van der Waals surface area contributed by atoms with E-state index in [0.29, 0.717) is 0 Å². The number of nitrogens with one attached hydrogen (secondary N) is 1. The smallest absolute Gasteiger partial charge is 0.193 e. The van der Waals surface area contributed by atoms with E-state index in [1.807, 2.05) is 41.9 Å². The molecule has 3 aromatic rings. The number of pyridine rings is 1. The van der Waals surface area contributed by atoms with Gasteiger partial charge in [0.25, 0.3) is 0 Å². The first kappa shape index (κ1) is 17.5. The molecular formula is C18H24N8O. The summed E-state index contributed by atoms with van der Waals surface area (Å²) in [5.41, 5.74) is 1.85. The van der Waals surface area contributed by atoms with Crippen LogP contribution in [0.4, 0.5) is 0 Å². The molecule has 1 N–H and O–H groups in total. The number of hydrogen-bond donors (Lipinski definition) is 1. The highest BCUT2D eigenvalue weighted by molar-refractivity contribution is 5.80. The molecule has 0 unspecified atom stereocenters. The lowest BCUT2D eigenvalue weighted by Crippen LogP contribution is -2.52. The number of aromatic nitrogens is 4. The molecule has 142 valence electrons. The zero-order chi connectivity index (χ0) is 18.5. The summed E-state index contributed by atoms with van der Waals surface area (Å²) >= 11 is 0. The predicted molar refractivity (Wildman–Crippen MR) is 101 cm³/mol. The summed E-state index contributed by atoms with van der Waals surface area (Å²) in [5, 5.41) is 15.9. The molecule has 0 amide bonds. The molecule has 3 aromatic heterocycles. The molecule has 4 heterocycles. The van der Waals surface area contributed by atoms with Gasteiger partial charge in [-0.05, 0) is 12.1 Å². The third-order valence-electron chi connectivity index (χ3n) is 4.78. The third kappa shape index (κ3) is 4.08. The van der Waals surface area contributed by atoms with Crippen LogP contribution in [0.3, 0.4) is 0 Å². The summed E-state index contributed by atoms with van der Waals surface area (Å²) in [5.74, 6) is 1.89. The van der Waals surface area contributed by atoms with Gasteiger partial charge >= 0.3 is 0 Å². The number of piperazine rings is 1. The van der Waals surface area contributed by atoms with Crippen molar-refractivity contribution in [2.75, 3.05) is 39.8 Å². The largest absolute Gasteiger partial charge is 0.364 e. The maximum atomic E-state index is 4.91. The molecule has 1 fully saturated rings. The molecule has 0 spiro atoms. The molecule has 0 aliphatic carbocycles. The first-order valence-corrected chi connectivity index (χ1v) is 9.19. The Hall–Kier alpha value is -2.94. The Morgan fingerprint density at radius 3 is 2.85 bits per heavy atom. The fraction of sp³-hybridized carbons (Fsp3) is 0.444. The maximum absolute atomic E-state index is 4.91. The summed E-state index contributed by atoms with van der Waals surface area (Å²) in [6.07, 6.45) is 4.40. The number of guanidine groups is 1. The standard InChI is InChI=1S/C18H24N8O/c1-19-18(20-7-5-17-22-21-16-4-2-3-8-26(16)17)25-11-9-24(10-12-25)14-15-6-13-27-23-15/h2-4,6,8,13H,5,7,9-12,14H2,1H3,(H,19,20). The van der Waals surface area contributed by atoms with Crippen LogP contribution in [0.15, 0.2) is 46.2 Å². The van der Waals surface area contributed by atoms with Crippen LogP contribution in [0, 0.1) is 0 Å². The van der Waals surface area contributed by atoms with Crippen molar-refractivity contribution in [2.45, 2.75) is 13.0 Å². The van der Waals surface area contributed by atoms with Crippen LogP contribution in [0.5, 0.6) is 0 Å². The van der Waals surface area contributed by atoms with E-state index >= 15 is 0 Å². The Bertz CT molecular complexity index is 880. The molecule has 1 saturated heterocycles. The van der Waals surface area contributed by atoms with E-state index in [1.165, 1.54) is 0 Å². The molecule has 0 radical (unpaired) electrons. The molecule has 0 aromatic carbocycles. The van der Waals surface area contributed by atoms with Crippen molar-refractivity contribution < 1.29 is 4.52 Å². The number of aliphatic imine (C=N–C) groups is 1. The van der Waals surface area contributed by atoms with E-state index in [1.54, 1.807) is 6.26 Å². The van der Waals surface area contributed by atoms with Gasteiger partial charge in [0, 0.05) is 65.0 Å². The average molecular weight is 368 g/mol. The van der Waals surface area contributed by atoms with Gasteiger partial charge in [0.1, 0.15) is 12.1 Å². The van der Waals surface area contributed by atoms with Crippen LogP contribution in [0.2, 0.25) is 0 Å². The quantitative estimate of drug-likeness (QED) is 0.523. The SMILES string of the molecule is CN=C(NCCc1nnc2ccccn12)N1CCN(Cc2ccon2)CC1. The summed E-state index contributed by atoms with van der Waals surface area (Å²) in [6, 6.07) is 7.84. The van der Waals surface area contributed by atoms with Gasteiger partial charge in [-0.2, -0.15) is 0 Å². The van der Waals surface area contributed by atoms with E-state index in [0.717, 1.165) is 68.8 Å². The zero-order valence-electron chi connectivity index (χ0n) is 15.5. The third-order valence-corrected chi connectivity index (χ3v) is 4.78. The topological polar surface area (TPSA) is 87.1 Å². The second-order valence-corrected chi connectivity index (χ2v) is 6.52. The van der Waals surface area contributed by atoms with Crippen LogP contribution in [0.25, 0.3) is 5.65 Å². The van der Waals surface area contributed by atoms with Crippen LogP contribution in [-0.2, 0) is 13.0 Å². The molecule has 0 saturated carbocycles. The Balaban J connectivity index is 1.26. The molecule has 27 heavy (non-hydrogen) atoms. The lowest BCUT2D eigenvalue weighted by Gasteiger charge is -2.36. The summed E-state index contributed by atoms with van der Waals surface area (Å²) in [7, 11) is 1.83. The Labute approximate surface area is 157 Å². The zero-order valence-corrected chi connectivity index (χ0v) is 15.5. The number of hydrogen-bond acceptors (Lipinski definition) is 6. The second kappa shape index (κ2) is 8.17. The van der Waals surface area contributed by atoms with Gasteiger partial charge in [0.15, 0.2) is 11.6 Å². The van der Waals surface area contributed by atoms with Gasteiger partial charge in [-0.3, -0.25) is 14.3 Å². The average Bonchev–Trinajstić information content (AvgIpc) is 3.36. The molecule has 0 bridgehead atoms. The molecule has 4 rings (SSSR count). The molecular weight excluding hydrogens is 344 g/mol. The lowest BCUT2D eigenvalue weighted by atomic mass is 10.3. The minimum Gasteiger partial charge on any atom is -0.364 e. The van der Waals surface area contributed by atoms with E-state index in [-0.39, 0.29) is 0 Å². The van der Waals surface area contributed by atoms with E-state index < -0.39 is 0 Å². The van der Waals surface area contributed by atoms with Crippen LogP contribution < -0.4 is 5.32 Å². The van der Waals surface area contributed by atoms with Crippen molar-refractivity contribution in [3.8, 4) is 0 Å². The van der Waals surface area contributed by atoms with Crippen molar-refractivity contribution in [3.05, 3.63) is 48.2 Å². The van der Waals surface area contributed by atoms with Crippen LogP contribution in [-0.4, -0.2) is 75.3 Å². The maximum Gasteiger partial charge on any atom is 0.193 e. The minimum atomic E-state index is 0.765. The van der Waals surface area contributed by atoms with Gasteiger partial charge in [0.05, 0.1) is 5.69 Å². The van der Waals surface area contributed by atoms with Gasteiger partial charge in [0.2, 0.25) is 0 Å². The number of rotatable bonds is 5. The van der Waals surface area contributed by atoms with Crippen molar-refractivity contribution in [2.24, 2.45) is 4.99 Å². The molecule has 1 aliphatic rings. The first-order valence-electron chi connectivity index (χ1n) is 9.19. The van der Waals surface area contributed by atoms with Crippen molar-refractivity contribution in [3.63, 3.8) is 0 Å². The van der Waals surface area contributed by atoms with Gasteiger partial charge in [-0.15, -0.1) is 10.2 Å². The lowest BCUT2D eigenvalue weighted by molar-refractivity contribution is 0.169. The van der Waals surface area contributed by atoms with Gasteiger partial charge < -0.3 is 14.7 Å². The van der Waals surface area contributed by atoms with E-state index in [4.69, 9.17) is 4.52 Å². The van der Waals surface area contributed by atoms with Crippen molar-refractivity contribution >= 4 is 11.6 Å². The van der Waals surface area contributed by atoms with Crippen molar-refractivity contribution in [1.82, 2.24) is 34.9 Å². The predicted octanol–water partition coefficient (Wildman–Crippen LogP) is 0.653. The number of nitrogens with zero attached hydrogens (tertiary/aromatic N) is 7. The normalized spacial score (nSPS) is 16.2. The minimum absolute atomic E-state index is 0.765. The van der Waals surface area contributed by atoms with Crippen LogP contribution in [0.1, 0.15) is 11.5 Å².